The molecule has 0 aliphatic carbocycles. The van der Waals surface area contributed by atoms with Gasteiger partial charge in [-0.2, -0.15) is 0 Å². The van der Waals surface area contributed by atoms with Crippen molar-refractivity contribution in [3.63, 3.8) is 0 Å². The molecule has 2 heterocycles. The number of hydrogen-bond donors (Lipinski definition) is 1. The van der Waals surface area contributed by atoms with Gasteiger partial charge in [0.2, 0.25) is 0 Å². The van der Waals surface area contributed by atoms with Gasteiger partial charge in [-0.25, -0.2) is 4.98 Å². The first-order valence-corrected chi connectivity index (χ1v) is 14.7. The third kappa shape index (κ3) is 8.59. The number of fused-ring (bicyclic) bond motifs is 3. The molecule has 0 spiro atoms. The van der Waals surface area contributed by atoms with Crippen LogP contribution in [-0.4, -0.2) is 20.9 Å². The van der Waals surface area contributed by atoms with Gasteiger partial charge in [0, 0.05) is 49.1 Å². The molecule has 0 amide bonds. The van der Waals surface area contributed by atoms with Gasteiger partial charge in [0.15, 0.2) is 5.78 Å². The molecule has 2 aromatic carbocycles. The number of aromatic nitrogens is 2. The van der Waals surface area contributed by atoms with E-state index in [2.05, 4.69) is 67.1 Å². The molecule has 0 saturated carbocycles. The van der Waals surface area contributed by atoms with Crippen LogP contribution in [0.2, 0.25) is 0 Å². The molecule has 0 fully saturated rings. The largest absolute Gasteiger partial charge is 0.512 e. The maximum atomic E-state index is 11.7. The van der Waals surface area contributed by atoms with E-state index in [1.165, 1.54) is 17.2 Å². The van der Waals surface area contributed by atoms with Crippen LogP contribution in [0.5, 0.6) is 0 Å². The quantitative estimate of drug-likeness (QED) is 0.0999. The van der Waals surface area contributed by atoms with Crippen LogP contribution in [-0.2, 0) is 31.3 Å². The zero-order valence-corrected chi connectivity index (χ0v) is 28.2. The van der Waals surface area contributed by atoms with Crippen molar-refractivity contribution in [3.8, 4) is 11.3 Å². The summed E-state index contributed by atoms with van der Waals surface area (Å²) in [7, 11) is 0. The summed E-state index contributed by atoms with van der Waals surface area (Å²) in [6.07, 6.45) is 7.51. The van der Waals surface area contributed by atoms with Crippen molar-refractivity contribution in [1.82, 2.24) is 9.97 Å². The molecular weight excluding hydrogens is 689 g/mol. The van der Waals surface area contributed by atoms with Crippen LogP contribution < -0.4 is 0 Å². The average molecular weight is 734 g/mol. The number of aryl methyl sites for hydroxylation is 2. The van der Waals surface area contributed by atoms with Gasteiger partial charge in [-0.15, -0.1) is 34.9 Å². The number of carbonyl (C=O) groups excluding carboxylic acids is 1. The van der Waals surface area contributed by atoms with Crippen LogP contribution >= 0.6 is 0 Å². The van der Waals surface area contributed by atoms with Gasteiger partial charge >= 0.3 is 0 Å². The molecule has 41 heavy (non-hydrogen) atoms. The van der Waals surface area contributed by atoms with E-state index in [-0.39, 0.29) is 43.5 Å². The molecule has 4 aromatic rings. The van der Waals surface area contributed by atoms with E-state index in [1.807, 2.05) is 34.6 Å². The van der Waals surface area contributed by atoms with Crippen LogP contribution in [0.3, 0.4) is 0 Å². The van der Waals surface area contributed by atoms with Crippen molar-refractivity contribution in [1.29, 1.82) is 0 Å². The number of aliphatic hydroxyl groups is 1. The number of carbonyl (C=O) groups is 1. The van der Waals surface area contributed by atoms with E-state index >= 15 is 0 Å². The van der Waals surface area contributed by atoms with Gasteiger partial charge in [-0.05, 0) is 49.7 Å². The van der Waals surface area contributed by atoms with E-state index in [0.717, 1.165) is 71.0 Å². The Labute approximate surface area is 259 Å². The minimum Gasteiger partial charge on any atom is -0.512 e. The van der Waals surface area contributed by atoms with E-state index in [9.17, 15) is 9.90 Å². The van der Waals surface area contributed by atoms with Crippen molar-refractivity contribution in [2.45, 2.75) is 87.5 Å². The smallest absolute Gasteiger partial charge is 0.162 e. The molecule has 4 rings (SSSR count). The Bertz CT molecular complexity index is 1440. The van der Waals surface area contributed by atoms with Crippen molar-refractivity contribution < 1.29 is 34.4 Å². The van der Waals surface area contributed by atoms with E-state index in [1.54, 1.807) is 6.33 Å². The Morgan fingerprint density at radius 2 is 1.63 bits per heavy atom. The van der Waals surface area contributed by atoms with Crippen LogP contribution in [0.25, 0.3) is 33.3 Å². The molecule has 0 saturated heterocycles. The molecule has 1 radical (unpaired) electrons. The van der Waals surface area contributed by atoms with Gasteiger partial charge in [-0.3, -0.25) is 9.78 Å². The molecule has 0 bridgehead atoms. The molecule has 1 N–H and O–H groups in total. The number of allylic oxidation sites excluding steroid dienone is 2. The van der Waals surface area contributed by atoms with E-state index in [0.29, 0.717) is 5.92 Å². The Morgan fingerprint density at radius 3 is 2.22 bits per heavy atom. The zero-order chi connectivity index (χ0) is 29.4. The van der Waals surface area contributed by atoms with Crippen LogP contribution in [0.4, 0.5) is 0 Å². The fourth-order valence-electron chi connectivity index (χ4n) is 5.25. The zero-order valence-electron chi connectivity index (χ0n) is 25.8. The van der Waals surface area contributed by atoms with Crippen molar-refractivity contribution in [2.24, 2.45) is 17.8 Å². The van der Waals surface area contributed by atoms with Gasteiger partial charge in [0.25, 0.3) is 0 Å². The summed E-state index contributed by atoms with van der Waals surface area (Å²) in [6, 6.07) is 13.9. The maximum Gasteiger partial charge on any atom is 0.162 e. The van der Waals surface area contributed by atoms with Crippen LogP contribution in [0.15, 0.2) is 52.9 Å². The topological polar surface area (TPSA) is 76.2 Å². The van der Waals surface area contributed by atoms with E-state index < -0.39 is 0 Å². The summed E-state index contributed by atoms with van der Waals surface area (Å²) in [6.45, 7) is 16.6. The third-order valence-electron chi connectivity index (χ3n) is 7.47. The third-order valence-corrected chi connectivity index (χ3v) is 7.47. The standard InChI is InChI=1S/C22H21N2O.C13H24O2.Ir/c1-13(2)8-16-6-5-7-18-20-22(25-21(16)18)19(23-12-24-20)17-10-14(3)9-15(4)11-17;1-5-10(6-2)12(14)9-13(15)11(7-3)8-4;/h5-7,9-10,12-13H,8H2,1-4H3;9-11,14H,5-8H2,1-4H3;/q-1;;/b;12-9-;. The van der Waals surface area contributed by atoms with Crippen molar-refractivity contribution in [3.05, 3.63) is 71.3 Å². The number of ketones is 1. The minimum absolute atomic E-state index is 0. The fourth-order valence-corrected chi connectivity index (χ4v) is 5.25. The number of rotatable bonds is 10. The first-order valence-electron chi connectivity index (χ1n) is 14.7. The summed E-state index contributed by atoms with van der Waals surface area (Å²) in [5.74, 6) is 1.11. The first kappa shape index (κ1) is 34.4. The normalized spacial score (nSPS) is 11.7. The summed E-state index contributed by atoms with van der Waals surface area (Å²) in [4.78, 5) is 20.7. The molecule has 0 atom stereocenters. The Hall–Kier alpha value is -2.82. The second-order valence-corrected chi connectivity index (χ2v) is 11.1. The average Bonchev–Trinajstić information content (AvgIpc) is 3.29. The Balaban J connectivity index is 0.000000320. The van der Waals surface area contributed by atoms with Crippen LogP contribution in [0.1, 0.15) is 83.9 Å². The molecule has 0 unspecified atom stereocenters. The maximum absolute atomic E-state index is 11.7. The first-order chi connectivity index (χ1) is 19.1. The predicted molar refractivity (Wildman–Crippen MR) is 165 cm³/mol. The summed E-state index contributed by atoms with van der Waals surface area (Å²) in [5.41, 5.74) is 7.82. The summed E-state index contributed by atoms with van der Waals surface area (Å²) in [5, 5.41) is 10.8. The van der Waals surface area contributed by atoms with Crippen LogP contribution in [0, 0.1) is 37.7 Å². The second-order valence-electron chi connectivity index (χ2n) is 11.1. The molecule has 0 aliphatic rings. The number of para-hydroxylation sites is 1. The minimum atomic E-state index is 0. The predicted octanol–water partition coefficient (Wildman–Crippen LogP) is 9.53. The van der Waals surface area contributed by atoms with E-state index in [4.69, 9.17) is 4.42 Å². The number of furan rings is 1. The number of nitrogens with zero attached hydrogens (tertiary/aromatic N) is 2. The molecular formula is C35H45IrN2O3-. The second kappa shape index (κ2) is 16.0. The molecule has 223 valence electrons. The Kier molecular flexibility index (Phi) is 13.4. The molecule has 2 aromatic heterocycles. The van der Waals surface area contributed by atoms with Gasteiger partial charge in [0.05, 0.1) is 5.76 Å². The molecule has 0 aliphatic heterocycles. The van der Waals surface area contributed by atoms with Crippen molar-refractivity contribution >= 4 is 27.9 Å². The number of benzene rings is 2. The summed E-state index contributed by atoms with van der Waals surface area (Å²) < 4.78 is 6.30. The van der Waals surface area contributed by atoms with Gasteiger partial charge in [0.1, 0.15) is 23.0 Å². The fraction of sp³-hybridized carbons (Fsp3) is 0.457. The van der Waals surface area contributed by atoms with Crippen molar-refractivity contribution in [2.75, 3.05) is 0 Å². The number of hydrogen-bond acceptors (Lipinski definition) is 5. The van der Waals surface area contributed by atoms with Gasteiger partial charge in [-0.1, -0.05) is 67.5 Å². The SMILES string of the molecule is CCC(CC)C(=O)/C=C(\O)C(CC)CC.Cc1[c-]c(-c2ncnc3c2oc2c(CC(C)C)cccc23)cc(C)c1.[Ir]. The van der Waals surface area contributed by atoms with Gasteiger partial charge < -0.3 is 9.52 Å². The molecule has 6 heteroatoms. The number of aliphatic hydroxyl groups excluding tert-OH is 1. The molecule has 5 nitrogen and oxygen atoms in total. The Morgan fingerprint density at radius 1 is 0.976 bits per heavy atom. The summed E-state index contributed by atoms with van der Waals surface area (Å²) >= 11 is 0. The monoisotopic (exact) mass is 734 g/mol.